The third-order valence-electron chi connectivity index (χ3n) is 27.2. The van der Waals surface area contributed by atoms with Crippen LogP contribution >= 0.6 is 0 Å². The molecular formula is C118H251N11O4. The maximum atomic E-state index is 5.91. The van der Waals surface area contributed by atoms with Crippen LogP contribution in [0.1, 0.15) is 479 Å². The van der Waals surface area contributed by atoms with E-state index in [1.807, 2.05) is 151 Å². The van der Waals surface area contributed by atoms with E-state index in [4.69, 9.17) is 18.9 Å². The number of likely N-dealkylation sites (tertiary alicyclic amines) is 7. The van der Waals surface area contributed by atoms with Gasteiger partial charge in [0, 0.05) is 165 Å². The molecule has 15 heteroatoms. The predicted molar refractivity (Wildman–Crippen MR) is 599 cm³/mol. The Kier molecular flexibility index (Phi) is 78.4. The van der Waals surface area contributed by atoms with Gasteiger partial charge in [0.1, 0.15) is 0 Å². The minimum absolute atomic E-state index is 0.271. The van der Waals surface area contributed by atoms with Crippen LogP contribution in [0.5, 0.6) is 0 Å². The second-order valence-corrected chi connectivity index (χ2v) is 46.7. The third kappa shape index (κ3) is 61.4. The first kappa shape index (κ1) is 140. The summed E-state index contributed by atoms with van der Waals surface area (Å²) in [6.07, 6.45) is 31.1. The molecule has 14 aliphatic rings. The van der Waals surface area contributed by atoms with Crippen molar-refractivity contribution in [3.63, 3.8) is 0 Å². The van der Waals surface area contributed by atoms with E-state index in [0.29, 0.717) is 68.2 Å². The number of pyridine rings is 1. The quantitative estimate of drug-likeness (QED) is 0.247. The number of ether oxygens (including phenoxy) is 4. The molecule has 2 aliphatic carbocycles. The summed E-state index contributed by atoms with van der Waals surface area (Å²) in [7, 11) is 0. The summed E-state index contributed by atoms with van der Waals surface area (Å²) in [5.41, 5.74) is 6.25. The van der Waals surface area contributed by atoms with Gasteiger partial charge in [-0.05, 0) is 391 Å². The van der Waals surface area contributed by atoms with Crippen molar-refractivity contribution in [2.45, 2.75) is 555 Å². The molecule has 1 aromatic rings. The van der Waals surface area contributed by atoms with Crippen molar-refractivity contribution >= 4 is 0 Å². The number of hydrogen-bond acceptors (Lipinski definition) is 15. The fourth-order valence-electron chi connectivity index (χ4n) is 18.8. The van der Waals surface area contributed by atoms with Crippen LogP contribution in [0.3, 0.4) is 0 Å². The highest BCUT2D eigenvalue weighted by molar-refractivity contribution is 5.22. The lowest BCUT2D eigenvalue weighted by Gasteiger charge is -2.40. The number of piperidine rings is 3. The molecule has 11 saturated heterocycles. The van der Waals surface area contributed by atoms with E-state index in [2.05, 4.69) is 268 Å². The molecule has 0 radical (unpaired) electrons. The van der Waals surface area contributed by atoms with E-state index in [0.717, 1.165) is 115 Å². The lowest BCUT2D eigenvalue weighted by molar-refractivity contribution is -0.00389. The smallest absolute Gasteiger partial charge is 0.0706 e. The Morgan fingerprint density at radius 1 is 0.256 bits per heavy atom. The number of aromatic nitrogens is 1. The predicted octanol–water partition coefficient (Wildman–Crippen LogP) is 30.1. The standard InChI is InChI=1S/C12H18N2.C11H21NO.C11H21N.C10H19NO.C10H19N.C10H21N.C9H19NO.C9H19N.C8H17NO.C8H17N.10C2H6/c1-12(2,3)14-8-6-11-10(9-14)5-4-7-13-11;1-11(2,3)12-7-6-9-4-5-10(8-12)13-9;1-11(2,3)12-7-9-5-4-6-10(9)8-12;1-10(2,3)11-5-8-4-9(6-11)12-7-8;1-10(2,3)11-5-4-8-6-9(8)7-11;1-10(2,3)11-8-6-4-5-7-9-11;1-9(2,3)10-5-4-7-11-8-6-10;1-9(2,3)10-7-5-4-6-8-10;1-8(2,3)9-4-6-10-7-5-9;1-8(2,3)9-6-4-5-7-9;10*1-2/h4-5,7H,6,8-9H2,1-3H3;9-10H,4-8H2,1-3H3;9-10H,4-8H2,1-3H3;8-9H,4-7H2,1-3H3;8-9H,4-7H2,1-3H3;4-9H2,1-3H3;4-8H2,1-3H3;4-8H2,1-3H3;4-7H2,1-3H3;4-7H2,1-3H3;10*1-2H3. The largest absolute Gasteiger partial charge is 0.380 e. The van der Waals surface area contributed by atoms with Crippen molar-refractivity contribution in [2.24, 2.45) is 29.6 Å². The maximum Gasteiger partial charge on any atom is 0.0706 e. The molecule has 0 amide bonds. The van der Waals surface area contributed by atoms with Crippen molar-refractivity contribution in [3.05, 3.63) is 29.6 Å². The molecule has 2 saturated carbocycles. The number of rotatable bonds is 0. The summed E-state index contributed by atoms with van der Waals surface area (Å²) in [5, 5.41) is 0. The fraction of sp³-hybridized carbons (Fsp3) is 0.958. The zero-order valence-electron chi connectivity index (χ0n) is 101. The van der Waals surface area contributed by atoms with Crippen molar-refractivity contribution < 1.29 is 18.9 Å². The molecular weight excluding hydrogens is 1640 g/mol. The van der Waals surface area contributed by atoms with Gasteiger partial charge in [-0.1, -0.05) is 170 Å². The molecule has 0 spiro atoms. The normalized spacial score (nSPS) is 24.6. The van der Waals surface area contributed by atoms with E-state index in [-0.39, 0.29) is 5.54 Å². The minimum Gasteiger partial charge on any atom is -0.380 e. The van der Waals surface area contributed by atoms with Gasteiger partial charge in [0.05, 0.1) is 44.7 Å². The third-order valence-corrected chi connectivity index (χ3v) is 27.2. The fourth-order valence-corrected chi connectivity index (χ4v) is 18.8. The Labute approximate surface area is 839 Å². The monoisotopic (exact) mass is 1890 g/mol. The summed E-state index contributed by atoms with van der Waals surface area (Å²) in [4.78, 5) is 30.0. The van der Waals surface area contributed by atoms with Gasteiger partial charge >= 0.3 is 0 Å². The van der Waals surface area contributed by atoms with Gasteiger partial charge in [-0.15, -0.1) is 0 Å². The van der Waals surface area contributed by atoms with Gasteiger partial charge in [0.15, 0.2) is 0 Å². The van der Waals surface area contributed by atoms with Crippen LogP contribution in [0.15, 0.2) is 18.3 Å². The summed E-state index contributed by atoms with van der Waals surface area (Å²) in [6, 6.07) is 4.23. The minimum atomic E-state index is 0.271. The van der Waals surface area contributed by atoms with Gasteiger partial charge in [0.2, 0.25) is 0 Å². The second-order valence-electron chi connectivity index (χ2n) is 46.7. The molecule has 8 atom stereocenters. The van der Waals surface area contributed by atoms with Crippen LogP contribution in [0.4, 0.5) is 0 Å². The van der Waals surface area contributed by atoms with E-state index < -0.39 is 0 Å². The summed E-state index contributed by atoms with van der Waals surface area (Å²) in [6.45, 7) is 138. The SMILES string of the molecule is CC.CC.CC.CC.CC.CC.CC.CC.CC.CC.CC(C)(C)N1CC2CCCC2C1.CC(C)(C)N1CC2COC(C2)C1.CC(C)(C)N1CCC2CC2C1.CC(C)(C)N1CCC2CCC(C1)O2.CC(C)(C)N1CCCC1.CC(C)(C)N1CCCCC1.CC(C)(C)N1CCCCCC1.CC(C)(C)N1CCCOCC1.CC(C)(C)N1CCOCC1.CC(C)(C)N1CCc2ncccc2C1. The molecule has 8 unspecified atom stereocenters. The maximum absolute atomic E-state index is 5.91. The zero-order valence-corrected chi connectivity index (χ0v) is 101. The molecule has 133 heavy (non-hydrogen) atoms. The van der Waals surface area contributed by atoms with Crippen LogP contribution in [-0.2, 0) is 31.9 Å². The highest BCUT2D eigenvalue weighted by atomic mass is 16.5. The Bertz CT molecular complexity index is 2610. The van der Waals surface area contributed by atoms with Crippen LogP contribution in [0.25, 0.3) is 0 Å². The first-order valence-electron chi connectivity index (χ1n) is 57.2. The average molecular weight is 1890 g/mol. The second kappa shape index (κ2) is 74.5. The van der Waals surface area contributed by atoms with Crippen LogP contribution in [0.2, 0.25) is 0 Å². The van der Waals surface area contributed by atoms with E-state index in [9.17, 15) is 0 Å². The first-order chi connectivity index (χ1) is 62.3. The van der Waals surface area contributed by atoms with Gasteiger partial charge in [-0.2, -0.15) is 0 Å². The Balaban J connectivity index is -0.000000447. The molecule has 1 aromatic heterocycles. The lowest BCUT2D eigenvalue weighted by Crippen LogP contribution is -2.49. The van der Waals surface area contributed by atoms with Gasteiger partial charge in [0.25, 0.3) is 0 Å². The highest BCUT2D eigenvalue weighted by Gasteiger charge is 2.45. The zero-order chi connectivity index (χ0) is 104. The molecule has 802 valence electrons. The van der Waals surface area contributed by atoms with Crippen LogP contribution in [-0.4, -0.2) is 285 Å². The van der Waals surface area contributed by atoms with Crippen LogP contribution in [0, 0.1) is 29.6 Å². The number of hydrogen-bond donors (Lipinski definition) is 0. The van der Waals surface area contributed by atoms with Gasteiger partial charge in [-0.3, -0.25) is 54.0 Å². The Morgan fingerprint density at radius 3 is 0.962 bits per heavy atom. The molecule has 15 nitrogen and oxygen atoms in total. The highest BCUT2D eigenvalue weighted by Crippen LogP contribution is 2.46. The van der Waals surface area contributed by atoms with Crippen molar-refractivity contribution in [1.29, 1.82) is 0 Å². The molecule has 0 N–H and O–H groups in total. The number of fused-ring (bicyclic) bond motifs is 7. The summed E-state index contributed by atoms with van der Waals surface area (Å²) in [5.74, 6) is 5.09. The topological polar surface area (TPSA) is 82.2 Å². The first-order valence-corrected chi connectivity index (χ1v) is 57.2. The summed E-state index contributed by atoms with van der Waals surface area (Å²) >= 11 is 0. The average Bonchev–Trinajstić information content (AvgIpc) is 1.43. The van der Waals surface area contributed by atoms with E-state index in [1.165, 1.54) is 218 Å². The number of nitrogens with zero attached hydrogens (tertiary/aromatic N) is 11. The molecule has 12 aliphatic heterocycles. The lowest BCUT2D eigenvalue weighted by atomic mass is 9.95. The van der Waals surface area contributed by atoms with Crippen molar-refractivity contribution in [2.75, 3.05) is 157 Å². The molecule has 4 bridgehead atoms. The number of morpholine rings is 1. The van der Waals surface area contributed by atoms with Gasteiger partial charge < -0.3 is 18.9 Å². The van der Waals surface area contributed by atoms with Crippen molar-refractivity contribution in [1.82, 2.24) is 54.0 Å². The molecule has 15 rings (SSSR count). The Morgan fingerprint density at radius 2 is 0.579 bits per heavy atom. The Hall–Kier alpha value is -1.41. The van der Waals surface area contributed by atoms with E-state index >= 15 is 0 Å². The van der Waals surface area contributed by atoms with E-state index in [1.54, 1.807) is 0 Å². The molecule has 13 fully saturated rings. The van der Waals surface area contributed by atoms with Crippen LogP contribution < -0.4 is 0 Å². The van der Waals surface area contributed by atoms with Gasteiger partial charge in [-0.25, -0.2) is 0 Å². The van der Waals surface area contributed by atoms with Crippen molar-refractivity contribution in [3.8, 4) is 0 Å². The summed E-state index contributed by atoms with van der Waals surface area (Å²) < 4.78 is 22.2. The molecule has 13 heterocycles. The molecule has 0 aromatic carbocycles.